The van der Waals surface area contributed by atoms with E-state index >= 15 is 9.59 Å². The second-order valence-electron chi connectivity index (χ2n) is 26.6. The van der Waals surface area contributed by atoms with Crippen LogP contribution in [0.15, 0.2) is 96.1 Å². The van der Waals surface area contributed by atoms with Crippen LogP contribution in [0.5, 0.6) is 11.5 Å². The molecule has 3 fully saturated rings. The van der Waals surface area contributed by atoms with E-state index in [2.05, 4.69) is 28.1 Å². The SMILES string of the molecule is COc1cc(C(C)OC(=O)O[C@@H](C(=O)O[C@H]2C[C@@]3(O)[C@@H](OC(=O)c4ccccc4)[C@@H]4[C@]5(OC(C)=O)CO[C@@H]5C[C@H](O)[C@@]4(C)C(=O)[C@H](O)C(=C2C)C3(C)C)[C@@H](NC(=O)OC(C)(C)C)c2ccccc2)c([N+](=O)[O-])cc1OCCCC(=O)NCCCNC(=O)OC1CC/C=C/CCC1. The van der Waals surface area contributed by atoms with Crippen LogP contribution in [0.2, 0.25) is 0 Å². The van der Waals surface area contributed by atoms with Crippen molar-refractivity contribution in [2.24, 2.45) is 16.7 Å². The molecule has 1 heterocycles. The van der Waals surface area contributed by atoms with Crippen LogP contribution >= 0.6 is 0 Å². The van der Waals surface area contributed by atoms with Gasteiger partial charge in [0.1, 0.15) is 53.9 Å². The first-order valence-corrected chi connectivity index (χ1v) is 32.2. The fraction of sp³-hybridized carbons (Fsp3) is 0.565. The summed E-state index contributed by atoms with van der Waals surface area (Å²) in [5.74, 6) is -6.44. The zero-order valence-corrected chi connectivity index (χ0v) is 55.7. The molecule has 6 N–H and O–H groups in total. The predicted molar refractivity (Wildman–Crippen MR) is 340 cm³/mol. The van der Waals surface area contributed by atoms with E-state index in [9.17, 15) is 54.2 Å². The number of rotatable bonds is 23. The van der Waals surface area contributed by atoms with Crippen molar-refractivity contribution in [2.75, 3.05) is 33.4 Å². The van der Waals surface area contributed by atoms with E-state index in [0.29, 0.717) is 6.42 Å². The van der Waals surface area contributed by atoms with Gasteiger partial charge in [0.15, 0.2) is 22.9 Å². The van der Waals surface area contributed by atoms with Gasteiger partial charge in [-0.25, -0.2) is 24.0 Å². The van der Waals surface area contributed by atoms with Crippen molar-refractivity contribution < 1.29 is 106 Å². The number of amides is 3. The number of aliphatic hydroxyl groups is 3. The molecule has 2 bridgehead atoms. The minimum Gasteiger partial charge on any atom is -0.493 e. The molecule has 3 amide bonds. The molecule has 2 saturated carbocycles. The van der Waals surface area contributed by atoms with Crippen LogP contribution < -0.4 is 25.4 Å². The van der Waals surface area contributed by atoms with Crippen LogP contribution in [0, 0.1) is 26.9 Å². The predicted octanol–water partition coefficient (Wildman–Crippen LogP) is 8.38. The number of fused-ring (bicyclic) bond motifs is 5. The highest BCUT2D eigenvalue weighted by Gasteiger charge is 2.78. The van der Waals surface area contributed by atoms with E-state index < -0.39 is 148 Å². The number of hydrogen-bond acceptors (Lipinski definition) is 23. The molecule has 8 rings (SSSR count). The van der Waals surface area contributed by atoms with E-state index in [1.807, 2.05) is 0 Å². The molecule has 1 saturated heterocycles. The van der Waals surface area contributed by atoms with Crippen LogP contribution in [0.3, 0.4) is 0 Å². The molecule has 27 heteroatoms. The number of nitrogens with zero attached hydrogens (tertiary/aromatic N) is 1. The van der Waals surface area contributed by atoms with E-state index in [0.717, 1.165) is 45.1 Å². The first kappa shape index (κ1) is 73.2. The van der Waals surface area contributed by atoms with Gasteiger partial charge in [0.05, 0.1) is 59.9 Å². The van der Waals surface area contributed by atoms with Crippen molar-refractivity contribution in [3.63, 3.8) is 0 Å². The monoisotopic (exact) mass is 1340 g/mol. The summed E-state index contributed by atoms with van der Waals surface area (Å²) < 4.78 is 58.9. The lowest BCUT2D eigenvalue weighted by atomic mass is 9.44. The Labute approximate surface area is 556 Å². The number of esters is 3. The Morgan fingerprint density at radius 1 is 0.854 bits per heavy atom. The van der Waals surface area contributed by atoms with Gasteiger partial charge in [0, 0.05) is 44.7 Å². The van der Waals surface area contributed by atoms with Gasteiger partial charge < -0.3 is 78.6 Å². The molecule has 3 aromatic carbocycles. The summed E-state index contributed by atoms with van der Waals surface area (Å²) in [6, 6.07) is 15.8. The number of aliphatic hydroxyl groups excluding tert-OH is 2. The number of nitro groups is 1. The summed E-state index contributed by atoms with van der Waals surface area (Å²) in [4.78, 5) is 124. The highest BCUT2D eigenvalue weighted by Crippen LogP contribution is 2.64. The maximum atomic E-state index is 15.5. The molecule has 5 aliphatic rings. The Hall–Kier alpha value is -8.66. The van der Waals surface area contributed by atoms with Crippen LogP contribution in [-0.4, -0.2) is 161 Å². The molecular formula is C69H88N4O23. The summed E-state index contributed by atoms with van der Waals surface area (Å²) in [6.07, 6.45) is -7.77. The molecule has 3 aromatic rings. The number of hydrogen-bond donors (Lipinski definition) is 6. The minimum absolute atomic E-state index is 0.000666. The maximum Gasteiger partial charge on any atom is 0.509 e. The number of carbonyl (C=O) groups excluding carboxylic acids is 8. The van der Waals surface area contributed by atoms with Gasteiger partial charge in [-0.2, -0.15) is 0 Å². The Kier molecular flexibility index (Phi) is 23.3. The van der Waals surface area contributed by atoms with E-state index in [-0.39, 0.29) is 90.3 Å². The number of ketones is 1. The Bertz CT molecular complexity index is 3430. The Morgan fingerprint density at radius 3 is 2.18 bits per heavy atom. The van der Waals surface area contributed by atoms with E-state index in [4.69, 9.17) is 47.4 Å². The number of alkyl carbamates (subject to hydrolysis) is 2. The second-order valence-corrected chi connectivity index (χ2v) is 26.6. The first-order valence-electron chi connectivity index (χ1n) is 32.2. The van der Waals surface area contributed by atoms with Gasteiger partial charge in [-0.1, -0.05) is 74.5 Å². The number of Topliss-reactive ketones (excluding diaryl/α,β-unsaturated/α-hetero) is 1. The lowest BCUT2D eigenvalue weighted by Gasteiger charge is -2.67. The number of allylic oxidation sites excluding steroid dienone is 2. The third kappa shape index (κ3) is 16.1. The van der Waals surface area contributed by atoms with Gasteiger partial charge in [0.2, 0.25) is 12.0 Å². The molecule has 522 valence electrons. The highest BCUT2D eigenvalue weighted by atomic mass is 16.7. The van der Waals surface area contributed by atoms with Crippen LogP contribution in [0.25, 0.3) is 0 Å². The topological polar surface area (TPSA) is 369 Å². The molecule has 0 aromatic heterocycles. The van der Waals surface area contributed by atoms with Crippen molar-refractivity contribution >= 4 is 53.6 Å². The number of nitrogens with one attached hydrogen (secondary N) is 3. The second kappa shape index (κ2) is 30.6. The number of methoxy groups -OCH3 is 1. The Morgan fingerprint density at radius 2 is 1.53 bits per heavy atom. The lowest BCUT2D eigenvalue weighted by Crippen LogP contribution is -2.81. The van der Waals surface area contributed by atoms with Crippen molar-refractivity contribution in [2.45, 2.75) is 198 Å². The van der Waals surface area contributed by atoms with Crippen molar-refractivity contribution in [1.29, 1.82) is 0 Å². The standard InChI is InChI=1S/C69H88N4O23/c1-39-49(37-69(84)59(94-60(79)43-26-18-15-19-27-43)57-67(9,58(78)55(77)53(39)66(69,7)8)50(75)36-51-68(57,38-89-51)95-41(3)74)92-61(80)56(54(42-24-16-14-17-25-42)72-63(82)96-65(4,5)6)93-64(83)90-40(2)45-34-47(87-10)48(35-46(45)73(85)86)88-33-22-30-52(76)70-31-23-32-71-62(81)91-44-28-20-12-11-13-21-29-44/h11-12,14-19,24-27,34-35,40,44,49-51,54-57,59,75,77,84H,13,20-23,28-33,36-38H2,1-10H3,(H,70,76)(H,71,81)(H,72,82)/b12-11+/t40?,44?,49-,50-,51+,54-,55+,56+,57-,59-,67+,68-,69+/m0/s1. The van der Waals surface area contributed by atoms with Gasteiger partial charge >= 0.3 is 36.2 Å². The highest BCUT2D eigenvalue weighted by molar-refractivity contribution is 5.94. The summed E-state index contributed by atoms with van der Waals surface area (Å²) in [5.41, 5.74) is -10.5. The van der Waals surface area contributed by atoms with Crippen LogP contribution in [-0.2, 0) is 57.1 Å². The fourth-order valence-electron chi connectivity index (χ4n) is 13.8. The number of nitro benzene ring substituents is 1. The molecule has 1 aliphatic heterocycles. The van der Waals surface area contributed by atoms with Gasteiger partial charge in [-0.3, -0.25) is 24.5 Å². The van der Waals surface area contributed by atoms with Crippen LogP contribution in [0.4, 0.5) is 20.1 Å². The number of carbonyl (C=O) groups is 8. The maximum absolute atomic E-state index is 15.5. The number of benzene rings is 3. The van der Waals surface area contributed by atoms with Crippen molar-refractivity contribution in [3.05, 3.63) is 123 Å². The average molecular weight is 1340 g/mol. The molecule has 0 spiro atoms. The van der Waals surface area contributed by atoms with Crippen molar-refractivity contribution in [1.82, 2.24) is 16.0 Å². The normalized spacial score (nSPS) is 27.1. The fourth-order valence-corrected chi connectivity index (χ4v) is 13.8. The van der Waals surface area contributed by atoms with Gasteiger partial charge in [0.25, 0.3) is 5.69 Å². The summed E-state index contributed by atoms with van der Waals surface area (Å²) >= 11 is 0. The lowest BCUT2D eigenvalue weighted by molar-refractivity contribution is -0.386. The van der Waals surface area contributed by atoms with Crippen LogP contribution in [0.1, 0.15) is 160 Å². The zero-order chi connectivity index (χ0) is 70.1. The number of ether oxygens (including phenoxy) is 10. The van der Waals surface area contributed by atoms with E-state index in [1.165, 1.54) is 72.1 Å². The third-order valence-corrected chi connectivity index (χ3v) is 18.7. The molecule has 2 unspecified atom stereocenters. The molecule has 4 aliphatic carbocycles. The molecular weight excluding hydrogens is 1250 g/mol. The quantitative estimate of drug-likeness (QED) is 0.0130. The summed E-state index contributed by atoms with van der Waals surface area (Å²) in [7, 11) is 1.26. The van der Waals surface area contributed by atoms with Gasteiger partial charge in [-0.05, 0) is 121 Å². The smallest absolute Gasteiger partial charge is 0.493 e. The molecule has 13 atom stereocenters. The minimum atomic E-state index is -2.56. The first-order chi connectivity index (χ1) is 45.4. The van der Waals surface area contributed by atoms with E-state index in [1.54, 1.807) is 57.2 Å². The summed E-state index contributed by atoms with van der Waals surface area (Å²) in [5, 5.41) is 59.5. The zero-order valence-electron chi connectivity index (χ0n) is 55.7. The molecule has 27 nitrogen and oxygen atoms in total. The molecule has 0 radical (unpaired) electrons. The largest absolute Gasteiger partial charge is 0.509 e. The van der Waals surface area contributed by atoms with Crippen molar-refractivity contribution in [3.8, 4) is 11.5 Å². The molecule has 96 heavy (non-hydrogen) atoms. The third-order valence-electron chi connectivity index (χ3n) is 18.7. The van der Waals surface area contributed by atoms with Gasteiger partial charge in [-0.15, -0.1) is 0 Å². The average Bonchev–Trinajstić information content (AvgIpc) is 0.671. The Balaban J connectivity index is 1.05. The summed E-state index contributed by atoms with van der Waals surface area (Å²) in [6.45, 7) is 12.9.